The van der Waals surface area contributed by atoms with Crippen molar-refractivity contribution in [3.05, 3.63) is 0 Å². The van der Waals surface area contributed by atoms with E-state index in [4.69, 9.17) is 6.42 Å². The first-order chi connectivity index (χ1) is 4.57. The second-order valence-corrected chi connectivity index (χ2v) is 1.59. The molecule has 4 nitrogen and oxygen atoms in total. The average Bonchev–Trinajstić information content (AvgIpc) is 1.85. The number of Topliss-reactive ketones (excluding diaryl/α,β-unsaturated/α-hetero) is 1. The molecule has 0 saturated carbocycles. The lowest BCUT2D eigenvalue weighted by Crippen LogP contribution is -2.26. The van der Waals surface area contributed by atoms with Gasteiger partial charge in [0.2, 0.25) is 5.78 Å². The fourth-order valence-corrected chi connectivity index (χ4v) is 0.345. The fraction of sp³-hybridized carbons (Fsp3) is 0.333. The maximum Gasteiger partial charge on any atom is 0.405 e. The van der Waals surface area contributed by atoms with E-state index in [-0.39, 0.29) is 0 Å². The predicted molar refractivity (Wildman–Crippen MR) is 34.0 cm³/mol. The van der Waals surface area contributed by atoms with Crippen LogP contribution in [0.25, 0.3) is 0 Å². The summed E-state index contributed by atoms with van der Waals surface area (Å²) in [7, 11) is 0. The molecule has 0 saturated heterocycles. The Morgan fingerprint density at radius 1 is 1.70 bits per heavy atom. The van der Waals surface area contributed by atoms with Gasteiger partial charge in [0.15, 0.2) is 6.10 Å². The second-order valence-electron chi connectivity index (χ2n) is 1.59. The van der Waals surface area contributed by atoms with Crippen LogP contribution in [0.2, 0.25) is 0 Å². The summed E-state index contributed by atoms with van der Waals surface area (Å²) in [5, 5.41) is 0. The maximum atomic E-state index is 10.5. The maximum absolute atomic E-state index is 10.5. The molecule has 0 aliphatic rings. The molecule has 0 aromatic rings. The third-order valence-corrected chi connectivity index (χ3v) is 0.804. The molecule has 1 unspecified atom stereocenters. The first kappa shape index (κ1) is 8.50. The lowest BCUT2D eigenvalue weighted by Gasteiger charge is -2.04. The molecule has 0 fully saturated rings. The second kappa shape index (κ2) is 3.51. The fourth-order valence-electron chi connectivity index (χ4n) is 0.345. The molecule has 0 heterocycles. The molecule has 0 rings (SSSR count). The predicted octanol–water partition coefficient (Wildman–Crippen LogP) is -0.328. The van der Waals surface area contributed by atoms with Crippen LogP contribution < -0.4 is 5.73 Å². The number of carbonyl (C=O) groups excluding carboxylic acids is 2. The first-order valence-corrected chi connectivity index (χ1v) is 2.54. The SMILES string of the molecule is C#CC(=O)C(C)OC(N)=O. The van der Waals surface area contributed by atoms with E-state index in [0.717, 1.165) is 0 Å². The van der Waals surface area contributed by atoms with Gasteiger partial charge in [0.25, 0.3) is 0 Å². The number of amides is 1. The minimum atomic E-state index is -1.00. The van der Waals surface area contributed by atoms with Crippen molar-refractivity contribution in [3.63, 3.8) is 0 Å². The Bertz CT molecular complexity index is 192. The van der Waals surface area contributed by atoms with Crippen LogP contribution in [0.5, 0.6) is 0 Å². The summed E-state index contributed by atoms with van der Waals surface area (Å²) >= 11 is 0. The van der Waals surface area contributed by atoms with Crippen LogP contribution in [-0.2, 0) is 9.53 Å². The van der Waals surface area contributed by atoms with Gasteiger partial charge in [0, 0.05) is 0 Å². The number of primary amides is 1. The summed E-state index contributed by atoms with van der Waals surface area (Å²) in [6.07, 6.45) is 2.77. The Hall–Kier alpha value is -1.50. The standard InChI is InChI=1S/C6H7NO3/c1-3-5(8)4(2)10-6(7)9/h1,4H,2H3,(H2,7,9). The van der Waals surface area contributed by atoms with Crippen molar-refractivity contribution in [1.82, 2.24) is 0 Å². The van der Waals surface area contributed by atoms with Crippen LogP contribution in [0, 0.1) is 12.3 Å². The quantitative estimate of drug-likeness (QED) is 0.423. The van der Waals surface area contributed by atoms with Gasteiger partial charge >= 0.3 is 6.09 Å². The van der Waals surface area contributed by atoms with Crippen LogP contribution in [0.1, 0.15) is 6.92 Å². The van der Waals surface area contributed by atoms with E-state index in [9.17, 15) is 9.59 Å². The van der Waals surface area contributed by atoms with Crippen molar-refractivity contribution in [2.45, 2.75) is 13.0 Å². The van der Waals surface area contributed by atoms with Crippen molar-refractivity contribution in [2.24, 2.45) is 5.73 Å². The Balaban J connectivity index is 3.88. The van der Waals surface area contributed by atoms with Crippen molar-refractivity contribution < 1.29 is 14.3 Å². The summed E-state index contributed by atoms with van der Waals surface area (Å²) in [5.74, 6) is 1.20. The van der Waals surface area contributed by atoms with Crippen molar-refractivity contribution in [2.75, 3.05) is 0 Å². The number of hydrogen-bond acceptors (Lipinski definition) is 3. The van der Waals surface area contributed by atoms with Gasteiger partial charge in [-0.3, -0.25) is 4.79 Å². The molecule has 0 aliphatic carbocycles. The van der Waals surface area contributed by atoms with E-state index in [1.54, 1.807) is 5.92 Å². The van der Waals surface area contributed by atoms with E-state index >= 15 is 0 Å². The highest BCUT2D eigenvalue weighted by atomic mass is 16.6. The Morgan fingerprint density at radius 2 is 2.20 bits per heavy atom. The largest absolute Gasteiger partial charge is 0.438 e. The highest BCUT2D eigenvalue weighted by molar-refractivity contribution is 5.99. The van der Waals surface area contributed by atoms with Crippen LogP contribution in [0.4, 0.5) is 4.79 Å². The summed E-state index contributed by atoms with van der Waals surface area (Å²) in [4.78, 5) is 20.5. The van der Waals surface area contributed by atoms with Crippen molar-refractivity contribution >= 4 is 11.9 Å². The monoisotopic (exact) mass is 141 g/mol. The average molecular weight is 141 g/mol. The molecule has 2 N–H and O–H groups in total. The summed E-state index contributed by atoms with van der Waals surface area (Å²) in [6, 6.07) is 0. The summed E-state index contributed by atoms with van der Waals surface area (Å²) < 4.78 is 4.25. The van der Waals surface area contributed by atoms with Gasteiger partial charge in [-0.25, -0.2) is 4.79 Å². The Labute approximate surface area is 58.3 Å². The van der Waals surface area contributed by atoms with Crippen molar-refractivity contribution in [1.29, 1.82) is 0 Å². The molecule has 0 aromatic heterocycles. The molecule has 4 heteroatoms. The van der Waals surface area contributed by atoms with Crippen LogP contribution in [0.15, 0.2) is 0 Å². The molecule has 54 valence electrons. The summed E-state index contributed by atoms with van der Waals surface area (Å²) in [5.41, 5.74) is 4.60. The molecule has 0 spiro atoms. The Morgan fingerprint density at radius 3 is 2.50 bits per heavy atom. The van der Waals surface area contributed by atoms with Gasteiger partial charge in [0.05, 0.1) is 0 Å². The number of nitrogens with two attached hydrogens (primary N) is 1. The zero-order valence-corrected chi connectivity index (χ0v) is 5.46. The van der Waals surface area contributed by atoms with Gasteiger partial charge < -0.3 is 10.5 Å². The van der Waals surface area contributed by atoms with Crippen LogP contribution in [-0.4, -0.2) is 18.0 Å². The molecule has 1 amide bonds. The van der Waals surface area contributed by atoms with Gasteiger partial charge in [-0.1, -0.05) is 0 Å². The number of carbonyl (C=O) groups is 2. The van der Waals surface area contributed by atoms with Crippen molar-refractivity contribution in [3.8, 4) is 12.3 Å². The molecule has 1 atom stereocenters. The molecule has 0 aliphatic heterocycles. The topological polar surface area (TPSA) is 69.4 Å². The molecular formula is C6H7NO3. The first-order valence-electron chi connectivity index (χ1n) is 2.54. The molecule has 0 radical (unpaired) electrons. The van der Waals surface area contributed by atoms with E-state index in [1.807, 2.05) is 0 Å². The van der Waals surface area contributed by atoms with E-state index in [0.29, 0.717) is 0 Å². The van der Waals surface area contributed by atoms with Gasteiger partial charge in [-0.15, -0.1) is 6.42 Å². The van der Waals surface area contributed by atoms with Gasteiger partial charge in [-0.2, -0.15) is 0 Å². The number of terminal acetylenes is 1. The van der Waals surface area contributed by atoms with Crippen LogP contribution in [0.3, 0.4) is 0 Å². The number of ketones is 1. The molecular weight excluding hydrogens is 134 g/mol. The van der Waals surface area contributed by atoms with Gasteiger partial charge in [0.1, 0.15) is 0 Å². The van der Waals surface area contributed by atoms with E-state index in [1.165, 1.54) is 6.92 Å². The van der Waals surface area contributed by atoms with Gasteiger partial charge in [-0.05, 0) is 12.8 Å². The lowest BCUT2D eigenvalue weighted by molar-refractivity contribution is -0.120. The highest BCUT2D eigenvalue weighted by Gasteiger charge is 2.12. The minimum absolute atomic E-state index is 0.598. The Kier molecular flexibility index (Phi) is 2.98. The minimum Gasteiger partial charge on any atom is -0.438 e. The van der Waals surface area contributed by atoms with E-state index in [2.05, 4.69) is 10.5 Å². The number of ether oxygens (including phenoxy) is 1. The smallest absolute Gasteiger partial charge is 0.405 e. The third-order valence-electron chi connectivity index (χ3n) is 0.804. The lowest BCUT2D eigenvalue weighted by atomic mass is 10.3. The zero-order chi connectivity index (χ0) is 8.15. The normalized spacial score (nSPS) is 11.2. The molecule has 0 aromatic carbocycles. The number of rotatable bonds is 2. The molecule has 10 heavy (non-hydrogen) atoms. The highest BCUT2D eigenvalue weighted by Crippen LogP contribution is 1.90. The zero-order valence-electron chi connectivity index (χ0n) is 5.46. The summed E-state index contributed by atoms with van der Waals surface area (Å²) in [6.45, 7) is 1.35. The third kappa shape index (κ3) is 2.72. The molecule has 0 bridgehead atoms. The van der Waals surface area contributed by atoms with Crippen LogP contribution >= 0.6 is 0 Å². The number of hydrogen-bond donors (Lipinski definition) is 1. The van der Waals surface area contributed by atoms with E-state index < -0.39 is 18.0 Å².